The molecule has 5 heterocycles. The van der Waals surface area contributed by atoms with E-state index in [0.29, 0.717) is 24.7 Å². The molecule has 5 saturated heterocycles. The molecule has 5 aliphatic heterocycles. The minimum absolute atomic E-state index is 0.0353. The second-order valence-electron chi connectivity index (χ2n) is 9.56. The number of rotatable bonds is 7. The summed E-state index contributed by atoms with van der Waals surface area (Å²) in [4.78, 5) is 14.1. The molecule has 5 rings (SSSR count). The second kappa shape index (κ2) is 11.9. The maximum atomic E-state index is 14.1. The topological polar surface area (TPSA) is 74.2 Å². The van der Waals surface area contributed by atoms with E-state index in [1.807, 2.05) is 47.0 Å². The van der Waals surface area contributed by atoms with Crippen LogP contribution < -0.4 is 0 Å². The van der Waals surface area contributed by atoms with Gasteiger partial charge in [0.2, 0.25) is 0 Å². The van der Waals surface area contributed by atoms with Crippen LogP contribution in [0.15, 0.2) is 0 Å². The maximum absolute atomic E-state index is 14.1. The number of carbonyl (C=O) groups is 1. The van der Waals surface area contributed by atoms with Gasteiger partial charge in [-0.3, -0.25) is 4.79 Å². The number of hydrogen-bond acceptors (Lipinski definition) is 11. The van der Waals surface area contributed by atoms with Gasteiger partial charge < -0.3 is 24.1 Å². The molecule has 0 unspecified atom stereocenters. The summed E-state index contributed by atoms with van der Waals surface area (Å²) in [6.45, 7) is 1.31. The molecule has 0 saturated carbocycles. The van der Waals surface area contributed by atoms with E-state index >= 15 is 0 Å². The van der Waals surface area contributed by atoms with Gasteiger partial charge in [-0.05, 0) is 17.9 Å². The number of hydrogen-bond donors (Lipinski definition) is 1. The van der Waals surface area contributed by atoms with E-state index < -0.39 is 11.9 Å². The van der Waals surface area contributed by atoms with Gasteiger partial charge in [-0.1, -0.05) is 0 Å². The van der Waals surface area contributed by atoms with Crippen LogP contribution >= 0.6 is 58.8 Å². The summed E-state index contributed by atoms with van der Waals surface area (Å²) in [5.41, 5.74) is 0. The lowest BCUT2D eigenvalue weighted by molar-refractivity contribution is -0.234. The van der Waals surface area contributed by atoms with Crippen LogP contribution in [0.3, 0.4) is 0 Å². The fourth-order valence-corrected chi connectivity index (χ4v) is 14.1. The smallest absolute Gasteiger partial charge is 0.175 e. The quantitative estimate of drug-likeness (QED) is 0.460. The monoisotopic (exact) mass is 568 g/mol. The Morgan fingerprint density at radius 2 is 1.62 bits per heavy atom. The van der Waals surface area contributed by atoms with Crippen molar-refractivity contribution in [3.05, 3.63) is 0 Å². The number of methoxy groups -OCH3 is 1. The van der Waals surface area contributed by atoms with Crippen LogP contribution in [0.5, 0.6) is 0 Å². The van der Waals surface area contributed by atoms with E-state index in [1.54, 1.807) is 18.9 Å². The van der Waals surface area contributed by atoms with Crippen LogP contribution in [0, 0.1) is 23.7 Å². The van der Waals surface area contributed by atoms with Gasteiger partial charge in [-0.2, -0.15) is 35.3 Å². The van der Waals surface area contributed by atoms with Gasteiger partial charge >= 0.3 is 0 Å². The molecule has 6 atom stereocenters. The van der Waals surface area contributed by atoms with Crippen LogP contribution in [-0.4, -0.2) is 106 Å². The first-order valence-corrected chi connectivity index (χ1v) is 17.7. The zero-order chi connectivity index (χ0) is 23.6. The number of carbonyl (C=O) groups excluding carboxylic acids is 1. The van der Waals surface area contributed by atoms with Gasteiger partial charge in [0.25, 0.3) is 0 Å². The number of thioether (sulfide) groups is 5. The normalized spacial score (nSPS) is 37.3. The summed E-state index contributed by atoms with van der Waals surface area (Å²) >= 11 is 9.62. The van der Waals surface area contributed by atoms with Gasteiger partial charge in [-0.25, -0.2) is 0 Å². The van der Waals surface area contributed by atoms with Crippen molar-refractivity contribution >= 4 is 64.6 Å². The first kappa shape index (κ1) is 26.8. The molecule has 0 aliphatic carbocycles. The van der Waals surface area contributed by atoms with E-state index in [1.165, 1.54) is 0 Å². The van der Waals surface area contributed by atoms with Crippen molar-refractivity contribution < 1.29 is 28.8 Å². The molecule has 11 heteroatoms. The molecule has 0 aromatic carbocycles. The Balaban J connectivity index is 1.37. The first-order chi connectivity index (χ1) is 16.6. The number of aliphatic hydroxyl groups is 1. The standard InChI is InChI=1S/C23H36O6S5/c1-26-14-27-21(18-13-30-6-2-22(18)28-4-5-29-22)16-11-32-10-15(19(16)24)20(25)17-12-31-7-3-23(17)33-8-9-34-23/h15-18,20-21,25H,2-14H2,1H3/t15-,16-,17-,18-,20+,21+/m0/s1. The highest BCUT2D eigenvalue weighted by Crippen LogP contribution is 2.57. The molecule has 2 spiro atoms. The van der Waals surface area contributed by atoms with Gasteiger partial charge in [0.05, 0.1) is 41.3 Å². The van der Waals surface area contributed by atoms with Crippen LogP contribution in [0.4, 0.5) is 0 Å². The third-order valence-electron chi connectivity index (χ3n) is 7.79. The lowest BCUT2D eigenvalue weighted by Gasteiger charge is -2.47. The van der Waals surface area contributed by atoms with Gasteiger partial charge in [0.15, 0.2) is 5.79 Å². The summed E-state index contributed by atoms with van der Waals surface area (Å²) in [5, 5.41) is 11.7. The molecule has 34 heavy (non-hydrogen) atoms. The number of ether oxygens (including phenoxy) is 4. The number of Topliss-reactive ketones (excluding diaryl/α,β-unsaturated/α-hetero) is 1. The third-order valence-corrected chi connectivity index (χ3v) is 14.9. The molecule has 0 amide bonds. The summed E-state index contributed by atoms with van der Waals surface area (Å²) in [6.07, 6.45) is 0.976. The van der Waals surface area contributed by atoms with Crippen molar-refractivity contribution in [2.75, 3.05) is 73.1 Å². The highest BCUT2D eigenvalue weighted by molar-refractivity contribution is 8.21. The summed E-state index contributed by atoms with van der Waals surface area (Å²) < 4.78 is 24.0. The SMILES string of the molecule is COCO[C@H]([C@H]1CSC[C@H]([C@@H](O)[C@@H]2CSCCC23SCCS3)C1=O)[C@@H]1CSCCC12OCCO2. The number of aliphatic hydroxyl groups excluding tert-OH is 1. The summed E-state index contributed by atoms with van der Waals surface area (Å²) in [5.74, 6) is 6.56. The van der Waals surface area contributed by atoms with Crippen LogP contribution in [-0.2, 0) is 23.7 Å². The van der Waals surface area contributed by atoms with Crippen molar-refractivity contribution in [3.63, 3.8) is 0 Å². The van der Waals surface area contributed by atoms with Gasteiger partial charge in [-0.15, -0.1) is 23.5 Å². The lowest BCUT2D eigenvalue weighted by Crippen LogP contribution is -2.57. The summed E-state index contributed by atoms with van der Waals surface area (Å²) in [6, 6.07) is 0. The van der Waals surface area contributed by atoms with Crippen LogP contribution in [0.1, 0.15) is 12.8 Å². The number of ketones is 1. The molecule has 0 radical (unpaired) electrons. The highest BCUT2D eigenvalue weighted by Gasteiger charge is 2.56. The van der Waals surface area contributed by atoms with Crippen molar-refractivity contribution in [1.82, 2.24) is 0 Å². The minimum atomic E-state index is -0.665. The van der Waals surface area contributed by atoms with E-state index in [4.69, 9.17) is 18.9 Å². The Kier molecular flexibility index (Phi) is 9.42. The molecule has 0 aromatic rings. The predicted molar refractivity (Wildman–Crippen MR) is 145 cm³/mol. The molecule has 0 bridgehead atoms. The predicted octanol–water partition coefficient (Wildman–Crippen LogP) is 3.31. The third kappa shape index (κ3) is 5.23. The Morgan fingerprint density at radius 1 is 0.941 bits per heavy atom. The zero-order valence-corrected chi connectivity index (χ0v) is 23.8. The minimum Gasteiger partial charge on any atom is -0.392 e. The summed E-state index contributed by atoms with van der Waals surface area (Å²) in [7, 11) is 1.62. The highest BCUT2D eigenvalue weighted by atomic mass is 32.2. The Bertz CT molecular complexity index is 701. The second-order valence-corrected chi connectivity index (χ2v) is 16.0. The average Bonchev–Trinajstić information content (AvgIpc) is 3.52. The molecule has 1 N–H and O–H groups in total. The molecular weight excluding hydrogens is 533 g/mol. The molecule has 0 aromatic heterocycles. The van der Waals surface area contributed by atoms with Gasteiger partial charge in [0, 0.05) is 59.9 Å². The van der Waals surface area contributed by atoms with E-state index in [9.17, 15) is 9.90 Å². The van der Waals surface area contributed by atoms with Crippen LogP contribution in [0.2, 0.25) is 0 Å². The molecule has 5 fully saturated rings. The average molecular weight is 569 g/mol. The molecule has 5 aliphatic rings. The molecular formula is C23H36O6S5. The van der Waals surface area contributed by atoms with E-state index in [0.717, 1.165) is 47.4 Å². The van der Waals surface area contributed by atoms with Crippen molar-refractivity contribution in [2.45, 2.75) is 34.9 Å². The Labute approximate surface area is 224 Å². The van der Waals surface area contributed by atoms with Crippen LogP contribution in [0.25, 0.3) is 0 Å². The van der Waals surface area contributed by atoms with Gasteiger partial charge in [0.1, 0.15) is 12.6 Å². The van der Waals surface area contributed by atoms with E-state index in [-0.39, 0.29) is 46.4 Å². The lowest BCUT2D eigenvalue weighted by atomic mass is 9.77. The Hall–Kier alpha value is 1.22. The fourth-order valence-electron chi connectivity index (χ4n) is 6.06. The largest absolute Gasteiger partial charge is 0.392 e. The maximum Gasteiger partial charge on any atom is 0.175 e. The van der Waals surface area contributed by atoms with Crippen molar-refractivity contribution in [1.29, 1.82) is 0 Å². The van der Waals surface area contributed by atoms with Crippen molar-refractivity contribution in [2.24, 2.45) is 23.7 Å². The van der Waals surface area contributed by atoms with E-state index in [2.05, 4.69) is 0 Å². The molecule has 194 valence electrons. The fraction of sp³-hybridized carbons (Fsp3) is 0.957. The van der Waals surface area contributed by atoms with Crippen molar-refractivity contribution in [3.8, 4) is 0 Å². The Morgan fingerprint density at radius 3 is 2.35 bits per heavy atom. The zero-order valence-electron chi connectivity index (χ0n) is 19.7. The first-order valence-electron chi connectivity index (χ1n) is 12.2. The molecule has 6 nitrogen and oxygen atoms in total.